The minimum atomic E-state index is -0.258. The number of fused-ring (bicyclic) bond motifs is 1. The minimum Gasteiger partial charge on any atom is -0.334 e. The van der Waals surface area contributed by atoms with Gasteiger partial charge in [0.25, 0.3) is 0 Å². The Labute approximate surface area is 192 Å². The SMILES string of the molecule is CCCCCC(=O)N(CC)CC(=O)N1CCc2sccc2C1c1ccc(Cl)cc1Cl. The summed E-state index contributed by atoms with van der Waals surface area (Å²) >= 11 is 14.3. The number of likely N-dealkylation sites (N-methyl/N-ethyl adjacent to an activating group) is 1. The molecule has 2 amide bonds. The molecule has 162 valence electrons. The molecule has 3 rings (SSSR count). The number of benzene rings is 1. The summed E-state index contributed by atoms with van der Waals surface area (Å²) < 4.78 is 0. The predicted molar refractivity (Wildman–Crippen MR) is 124 cm³/mol. The maximum Gasteiger partial charge on any atom is 0.242 e. The first-order valence-electron chi connectivity index (χ1n) is 10.5. The smallest absolute Gasteiger partial charge is 0.242 e. The van der Waals surface area contributed by atoms with Crippen LogP contribution in [0.5, 0.6) is 0 Å². The molecule has 0 aliphatic carbocycles. The lowest BCUT2D eigenvalue weighted by atomic mass is 9.93. The summed E-state index contributed by atoms with van der Waals surface area (Å²) in [7, 11) is 0. The van der Waals surface area contributed by atoms with E-state index in [1.54, 1.807) is 22.3 Å². The van der Waals surface area contributed by atoms with Crippen molar-refractivity contribution in [3.63, 3.8) is 0 Å². The zero-order valence-corrected chi connectivity index (χ0v) is 19.8. The van der Waals surface area contributed by atoms with Crippen molar-refractivity contribution < 1.29 is 9.59 Å². The van der Waals surface area contributed by atoms with E-state index in [4.69, 9.17) is 23.2 Å². The van der Waals surface area contributed by atoms with E-state index in [1.165, 1.54) is 4.88 Å². The molecule has 0 bridgehead atoms. The number of hydrogen-bond donors (Lipinski definition) is 0. The Balaban J connectivity index is 1.83. The first-order valence-corrected chi connectivity index (χ1v) is 12.2. The first-order chi connectivity index (χ1) is 14.5. The lowest BCUT2D eigenvalue weighted by molar-refractivity contribution is -0.141. The molecule has 1 aromatic heterocycles. The second-order valence-corrected chi connectivity index (χ2v) is 9.41. The van der Waals surface area contributed by atoms with Gasteiger partial charge >= 0.3 is 0 Å². The number of halogens is 2. The Bertz CT molecular complexity index is 899. The van der Waals surface area contributed by atoms with Crippen LogP contribution in [-0.4, -0.2) is 41.2 Å². The molecule has 1 atom stereocenters. The Morgan fingerprint density at radius 3 is 2.67 bits per heavy atom. The van der Waals surface area contributed by atoms with Crippen LogP contribution in [0.3, 0.4) is 0 Å². The minimum absolute atomic E-state index is 0.0476. The molecule has 2 heterocycles. The largest absolute Gasteiger partial charge is 0.334 e. The molecule has 2 aromatic rings. The van der Waals surface area contributed by atoms with Gasteiger partial charge in [-0.3, -0.25) is 9.59 Å². The highest BCUT2D eigenvalue weighted by Crippen LogP contribution is 2.41. The third kappa shape index (κ3) is 5.19. The molecule has 0 radical (unpaired) electrons. The van der Waals surface area contributed by atoms with Gasteiger partial charge in [-0.25, -0.2) is 0 Å². The van der Waals surface area contributed by atoms with Crippen molar-refractivity contribution in [1.29, 1.82) is 0 Å². The molecule has 1 aromatic carbocycles. The van der Waals surface area contributed by atoms with E-state index >= 15 is 0 Å². The number of rotatable bonds is 8. The standard InChI is InChI=1S/C23H28Cl2N2O2S/c1-3-5-6-7-21(28)26(4-2)15-22(29)27-12-10-20-18(11-13-30-20)23(27)17-9-8-16(24)14-19(17)25/h8-9,11,13-14,23H,3-7,10,12,15H2,1-2H3. The van der Waals surface area contributed by atoms with Crippen molar-refractivity contribution in [2.75, 3.05) is 19.6 Å². The van der Waals surface area contributed by atoms with Crippen LogP contribution in [0.4, 0.5) is 0 Å². The number of thiophene rings is 1. The highest BCUT2D eigenvalue weighted by Gasteiger charge is 2.34. The van der Waals surface area contributed by atoms with E-state index in [9.17, 15) is 9.59 Å². The molecule has 1 aliphatic rings. The molecule has 4 nitrogen and oxygen atoms in total. The number of amides is 2. The molecule has 1 aliphatic heterocycles. The van der Waals surface area contributed by atoms with Gasteiger partial charge in [0.15, 0.2) is 0 Å². The van der Waals surface area contributed by atoms with Crippen molar-refractivity contribution in [2.45, 2.75) is 52.0 Å². The molecule has 0 fully saturated rings. The van der Waals surface area contributed by atoms with Gasteiger partial charge in [0.2, 0.25) is 11.8 Å². The zero-order chi connectivity index (χ0) is 21.7. The Hall–Kier alpha value is -1.56. The van der Waals surface area contributed by atoms with Gasteiger partial charge < -0.3 is 9.80 Å². The van der Waals surface area contributed by atoms with Gasteiger partial charge in [0.05, 0.1) is 12.6 Å². The van der Waals surface area contributed by atoms with Crippen molar-refractivity contribution in [2.24, 2.45) is 0 Å². The van der Waals surface area contributed by atoms with Crippen LogP contribution in [0.2, 0.25) is 10.0 Å². The zero-order valence-electron chi connectivity index (χ0n) is 17.5. The number of carbonyl (C=O) groups excluding carboxylic acids is 2. The highest BCUT2D eigenvalue weighted by atomic mass is 35.5. The predicted octanol–water partition coefficient (Wildman–Crippen LogP) is 5.96. The molecular formula is C23H28Cl2N2O2S. The van der Waals surface area contributed by atoms with Gasteiger partial charge in [0.1, 0.15) is 0 Å². The van der Waals surface area contributed by atoms with Crippen LogP contribution in [-0.2, 0) is 16.0 Å². The monoisotopic (exact) mass is 466 g/mol. The molecule has 30 heavy (non-hydrogen) atoms. The Morgan fingerprint density at radius 2 is 1.97 bits per heavy atom. The second-order valence-electron chi connectivity index (χ2n) is 7.57. The number of hydrogen-bond acceptors (Lipinski definition) is 3. The van der Waals surface area contributed by atoms with E-state index in [2.05, 4.69) is 18.4 Å². The molecular weight excluding hydrogens is 439 g/mol. The maximum atomic E-state index is 13.4. The van der Waals surface area contributed by atoms with Gasteiger partial charge in [-0.15, -0.1) is 11.3 Å². The summed E-state index contributed by atoms with van der Waals surface area (Å²) in [4.78, 5) is 30.8. The number of nitrogens with zero attached hydrogens (tertiary/aromatic N) is 2. The number of unbranched alkanes of at least 4 members (excludes halogenated alkanes) is 2. The quantitative estimate of drug-likeness (QED) is 0.450. The van der Waals surface area contributed by atoms with Crippen LogP contribution in [0, 0.1) is 0 Å². The molecule has 7 heteroatoms. The molecule has 0 saturated carbocycles. The maximum absolute atomic E-state index is 13.4. The summed E-state index contributed by atoms with van der Waals surface area (Å²) in [5, 5.41) is 3.18. The van der Waals surface area contributed by atoms with Crippen molar-refractivity contribution in [3.8, 4) is 0 Å². The van der Waals surface area contributed by atoms with Gasteiger partial charge in [-0.05, 0) is 54.5 Å². The van der Waals surface area contributed by atoms with Crippen LogP contribution >= 0.6 is 34.5 Å². The van der Waals surface area contributed by atoms with Crippen molar-refractivity contribution in [3.05, 3.63) is 55.7 Å². The van der Waals surface area contributed by atoms with E-state index < -0.39 is 0 Å². The Morgan fingerprint density at radius 1 is 1.17 bits per heavy atom. The molecule has 0 N–H and O–H groups in total. The fourth-order valence-corrected chi connectivity index (χ4v) is 5.37. The summed E-state index contributed by atoms with van der Waals surface area (Å²) in [5.74, 6) is 0.00200. The number of carbonyl (C=O) groups is 2. The van der Waals surface area contributed by atoms with E-state index in [0.717, 1.165) is 36.8 Å². The molecule has 1 unspecified atom stereocenters. The third-order valence-electron chi connectivity index (χ3n) is 5.60. The van der Waals surface area contributed by atoms with Crippen molar-refractivity contribution in [1.82, 2.24) is 9.80 Å². The molecule has 0 spiro atoms. The van der Waals surface area contributed by atoms with Crippen LogP contribution in [0.25, 0.3) is 0 Å². The second kappa shape index (κ2) is 10.7. The van der Waals surface area contributed by atoms with E-state index in [0.29, 0.717) is 29.6 Å². The molecule has 0 saturated heterocycles. The first kappa shape index (κ1) is 23.1. The fourth-order valence-electron chi connectivity index (χ4n) is 3.96. The van der Waals surface area contributed by atoms with E-state index in [-0.39, 0.29) is 24.4 Å². The van der Waals surface area contributed by atoms with Gasteiger partial charge in [-0.1, -0.05) is 49.0 Å². The summed E-state index contributed by atoms with van der Waals surface area (Å²) in [5.41, 5.74) is 1.98. The Kier molecular flexibility index (Phi) is 8.20. The average molecular weight is 467 g/mol. The highest BCUT2D eigenvalue weighted by molar-refractivity contribution is 7.10. The van der Waals surface area contributed by atoms with Crippen LogP contribution in [0.15, 0.2) is 29.6 Å². The van der Waals surface area contributed by atoms with Crippen LogP contribution < -0.4 is 0 Å². The van der Waals surface area contributed by atoms with E-state index in [1.807, 2.05) is 24.0 Å². The lowest BCUT2D eigenvalue weighted by Gasteiger charge is -2.38. The normalized spacial score (nSPS) is 15.7. The van der Waals surface area contributed by atoms with Crippen LogP contribution in [0.1, 0.15) is 61.6 Å². The topological polar surface area (TPSA) is 40.6 Å². The summed E-state index contributed by atoms with van der Waals surface area (Å²) in [6.45, 7) is 5.27. The van der Waals surface area contributed by atoms with Crippen molar-refractivity contribution >= 4 is 46.4 Å². The summed E-state index contributed by atoms with van der Waals surface area (Å²) in [6.07, 6.45) is 4.28. The fraction of sp³-hybridized carbons (Fsp3) is 0.478. The van der Waals surface area contributed by atoms with Gasteiger partial charge in [0, 0.05) is 34.4 Å². The lowest BCUT2D eigenvalue weighted by Crippen LogP contribution is -2.46. The summed E-state index contributed by atoms with van der Waals surface area (Å²) in [6, 6.07) is 7.24. The van der Waals surface area contributed by atoms with Gasteiger partial charge in [-0.2, -0.15) is 0 Å². The average Bonchev–Trinajstić information content (AvgIpc) is 3.20. The third-order valence-corrected chi connectivity index (χ3v) is 7.16.